The standard InChI is InChI=1S/C27H25F3N6O5/c28-27(29,30)41-21-8-18(10-31-11-21)36-13-16(9-32-36)12-34-6-5-20(15-34)40-19-1-2-22-17(7-19)14-35(26(22)39)23-3-4-24(37)33-25(23)38/h1-2,7-11,13,20,23H,3-6,12,14-15H2,(H,33,37,38)/t20-,23?/m0/s1. The maximum absolute atomic E-state index is 12.9. The van der Waals surface area contributed by atoms with Crippen molar-refractivity contribution in [2.75, 3.05) is 13.1 Å². The lowest BCUT2D eigenvalue weighted by Gasteiger charge is -2.29. The van der Waals surface area contributed by atoms with Crippen molar-refractivity contribution in [3.05, 3.63) is 65.7 Å². The first-order valence-corrected chi connectivity index (χ1v) is 13.0. The molecule has 2 fully saturated rings. The number of nitrogens with one attached hydrogen (secondary N) is 1. The molecule has 0 aliphatic carbocycles. The first kappa shape index (κ1) is 26.7. The van der Waals surface area contributed by atoms with Crippen molar-refractivity contribution in [1.82, 2.24) is 29.9 Å². The van der Waals surface area contributed by atoms with Crippen LogP contribution in [0.2, 0.25) is 0 Å². The molecule has 1 unspecified atom stereocenters. The Labute approximate surface area is 231 Å². The quantitative estimate of drug-likeness (QED) is 0.431. The molecule has 3 aliphatic rings. The van der Waals surface area contributed by atoms with E-state index in [-0.39, 0.29) is 30.9 Å². The first-order valence-electron chi connectivity index (χ1n) is 13.0. The second-order valence-electron chi connectivity index (χ2n) is 10.2. The summed E-state index contributed by atoms with van der Waals surface area (Å²) in [4.78, 5) is 44.2. The van der Waals surface area contributed by atoms with Gasteiger partial charge in [0, 0.05) is 56.0 Å². The van der Waals surface area contributed by atoms with Crippen LogP contribution in [0.1, 0.15) is 40.7 Å². The molecule has 3 aliphatic heterocycles. The number of aromatic nitrogens is 3. The lowest BCUT2D eigenvalue weighted by molar-refractivity contribution is -0.274. The zero-order valence-electron chi connectivity index (χ0n) is 21.6. The Morgan fingerprint density at radius 1 is 1.05 bits per heavy atom. The molecule has 1 N–H and O–H groups in total. The summed E-state index contributed by atoms with van der Waals surface area (Å²) in [6, 6.07) is 5.84. The van der Waals surface area contributed by atoms with Crippen LogP contribution in [-0.2, 0) is 22.7 Å². The van der Waals surface area contributed by atoms with Gasteiger partial charge in [-0.05, 0) is 36.6 Å². The maximum atomic E-state index is 12.9. The summed E-state index contributed by atoms with van der Waals surface area (Å²) in [7, 11) is 0. The number of hydrogen-bond donors (Lipinski definition) is 1. The van der Waals surface area contributed by atoms with Crippen molar-refractivity contribution >= 4 is 17.7 Å². The van der Waals surface area contributed by atoms with Gasteiger partial charge in [-0.1, -0.05) is 0 Å². The lowest BCUT2D eigenvalue weighted by atomic mass is 10.0. The highest BCUT2D eigenvalue weighted by atomic mass is 19.4. The summed E-state index contributed by atoms with van der Waals surface area (Å²) in [5, 5.41) is 6.55. The van der Waals surface area contributed by atoms with Crippen LogP contribution in [0, 0.1) is 0 Å². The molecule has 0 bridgehead atoms. The Bertz CT molecular complexity index is 1510. The SMILES string of the molecule is O=C1CCC(N2Cc3cc(O[C@H]4CCN(Cc5cnn(-c6cncc(OC(F)(F)F)c6)c5)C4)ccc3C2=O)C(=O)N1. The summed E-state index contributed by atoms with van der Waals surface area (Å²) in [5.41, 5.74) is 2.51. The number of piperidine rings is 1. The summed E-state index contributed by atoms with van der Waals surface area (Å²) < 4.78 is 49.2. The molecule has 2 saturated heterocycles. The number of likely N-dealkylation sites (tertiary alicyclic amines) is 1. The Kier molecular flexibility index (Phi) is 6.85. The van der Waals surface area contributed by atoms with Crippen molar-refractivity contribution in [3.8, 4) is 17.2 Å². The molecule has 1 aromatic carbocycles. The molecule has 0 saturated carbocycles. The number of amides is 3. The zero-order chi connectivity index (χ0) is 28.7. The van der Waals surface area contributed by atoms with Crippen molar-refractivity contribution in [2.24, 2.45) is 0 Å². The molecular weight excluding hydrogens is 545 g/mol. The molecule has 2 aromatic heterocycles. The second-order valence-corrected chi connectivity index (χ2v) is 10.2. The number of alkyl halides is 3. The van der Waals surface area contributed by atoms with Gasteiger partial charge < -0.3 is 14.4 Å². The number of ether oxygens (including phenoxy) is 2. The van der Waals surface area contributed by atoms with Gasteiger partial charge in [0.2, 0.25) is 11.8 Å². The molecule has 5 heterocycles. The maximum Gasteiger partial charge on any atom is 0.573 e. The summed E-state index contributed by atoms with van der Waals surface area (Å²) >= 11 is 0. The minimum Gasteiger partial charge on any atom is -0.489 e. The van der Waals surface area contributed by atoms with Crippen LogP contribution in [0.15, 0.2) is 49.1 Å². The summed E-state index contributed by atoms with van der Waals surface area (Å²) in [5.74, 6) is -0.797. The Hall–Kier alpha value is -4.46. The molecular formula is C27H25F3N6O5. The van der Waals surface area contributed by atoms with E-state index in [1.54, 1.807) is 24.5 Å². The molecule has 14 heteroatoms. The molecule has 3 aromatic rings. The number of benzene rings is 1. The van der Waals surface area contributed by atoms with E-state index in [0.29, 0.717) is 36.5 Å². The number of hydrogen-bond acceptors (Lipinski definition) is 8. The first-order chi connectivity index (χ1) is 19.6. The van der Waals surface area contributed by atoms with E-state index in [2.05, 4.69) is 25.0 Å². The van der Waals surface area contributed by atoms with Gasteiger partial charge in [0.1, 0.15) is 23.6 Å². The van der Waals surface area contributed by atoms with Crippen LogP contribution in [0.5, 0.6) is 11.5 Å². The van der Waals surface area contributed by atoms with Crippen molar-refractivity contribution in [2.45, 2.75) is 50.9 Å². The highest BCUT2D eigenvalue weighted by molar-refractivity contribution is 6.05. The number of carbonyl (C=O) groups is 3. The van der Waals surface area contributed by atoms with Crippen LogP contribution in [0.25, 0.3) is 5.69 Å². The largest absolute Gasteiger partial charge is 0.573 e. The Morgan fingerprint density at radius 2 is 1.90 bits per heavy atom. The van der Waals surface area contributed by atoms with Gasteiger partial charge in [-0.3, -0.25) is 29.6 Å². The highest BCUT2D eigenvalue weighted by Crippen LogP contribution is 2.31. The number of rotatable bonds is 7. The average molecular weight is 571 g/mol. The van der Waals surface area contributed by atoms with Crippen LogP contribution in [0.4, 0.5) is 13.2 Å². The van der Waals surface area contributed by atoms with Crippen LogP contribution in [0.3, 0.4) is 0 Å². The third-order valence-corrected chi connectivity index (χ3v) is 7.27. The number of halogens is 3. The van der Waals surface area contributed by atoms with Crippen LogP contribution >= 0.6 is 0 Å². The third kappa shape index (κ3) is 5.87. The van der Waals surface area contributed by atoms with Gasteiger partial charge in [0.25, 0.3) is 5.91 Å². The van der Waals surface area contributed by atoms with Crippen LogP contribution < -0.4 is 14.8 Å². The summed E-state index contributed by atoms with van der Waals surface area (Å²) in [6.45, 7) is 2.28. The van der Waals surface area contributed by atoms with Gasteiger partial charge in [-0.15, -0.1) is 13.2 Å². The average Bonchev–Trinajstić information content (AvgIpc) is 3.63. The van der Waals surface area contributed by atoms with Crippen molar-refractivity contribution < 1.29 is 37.0 Å². The molecule has 0 radical (unpaired) electrons. The van der Waals surface area contributed by atoms with E-state index in [1.165, 1.54) is 21.8 Å². The van der Waals surface area contributed by atoms with Crippen molar-refractivity contribution in [3.63, 3.8) is 0 Å². The van der Waals surface area contributed by atoms with Crippen molar-refractivity contribution in [1.29, 1.82) is 0 Å². The van der Waals surface area contributed by atoms with E-state index in [1.807, 2.05) is 6.07 Å². The number of imide groups is 1. The zero-order valence-corrected chi connectivity index (χ0v) is 21.6. The van der Waals surface area contributed by atoms with Gasteiger partial charge >= 0.3 is 6.36 Å². The molecule has 11 nitrogen and oxygen atoms in total. The second kappa shape index (κ2) is 10.5. The van der Waals surface area contributed by atoms with Gasteiger partial charge in [-0.2, -0.15) is 5.10 Å². The van der Waals surface area contributed by atoms with Gasteiger partial charge in [-0.25, -0.2) is 4.68 Å². The highest BCUT2D eigenvalue weighted by Gasteiger charge is 2.39. The lowest BCUT2D eigenvalue weighted by Crippen LogP contribution is -2.52. The fourth-order valence-corrected chi connectivity index (χ4v) is 5.42. The van der Waals surface area contributed by atoms with E-state index >= 15 is 0 Å². The van der Waals surface area contributed by atoms with Crippen LogP contribution in [-0.4, -0.2) is 73.9 Å². The molecule has 0 spiro atoms. The minimum atomic E-state index is -4.81. The predicted octanol–water partition coefficient (Wildman–Crippen LogP) is 2.58. The molecule has 2 atom stereocenters. The summed E-state index contributed by atoms with van der Waals surface area (Å²) in [6.07, 6.45) is 2.17. The normalized spacial score (nSPS) is 21.2. The molecule has 6 rings (SSSR count). The van der Waals surface area contributed by atoms with Gasteiger partial charge in [0.05, 0.1) is 24.3 Å². The fraction of sp³-hybridized carbons (Fsp3) is 0.370. The fourth-order valence-electron chi connectivity index (χ4n) is 5.42. The Balaban J connectivity index is 1.04. The molecule has 3 amide bonds. The predicted molar refractivity (Wildman–Crippen MR) is 135 cm³/mol. The topological polar surface area (TPSA) is 119 Å². The van der Waals surface area contributed by atoms with E-state index in [0.717, 1.165) is 30.3 Å². The number of nitrogens with zero attached hydrogens (tertiary/aromatic N) is 5. The minimum absolute atomic E-state index is 0.0770. The van der Waals surface area contributed by atoms with E-state index in [9.17, 15) is 27.6 Å². The number of fused-ring (bicyclic) bond motifs is 1. The van der Waals surface area contributed by atoms with E-state index < -0.39 is 24.1 Å². The monoisotopic (exact) mass is 570 g/mol. The number of pyridine rings is 1. The van der Waals surface area contributed by atoms with E-state index in [4.69, 9.17) is 4.74 Å². The van der Waals surface area contributed by atoms with Gasteiger partial charge in [0.15, 0.2) is 0 Å². The Morgan fingerprint density at radius 3 is 2.71 bits per heavy atom. The molecule has 41 heavy (non-hydrogen) atoms. The number of carbonyl (C=O) groups excluding carboxylic acids is 3. The smallest absolute Gasteiger partial charge is 0.489 e. The molecule has 214 valence electrons. The third-order valence-electron chi connectivity index (χ3n) is 7.27.